The SMILES string of the molecule is Nc1cc2c(cc1O)Oc1cc(N)c(O)cc1C2(C(F)(F)F)C(F)(F)F. The molecule has 0 aromatic heterocycles. The number of hydrogen-bond donors (Lipinski definition) is 4. The van der Waals surface area contributed by atoms with Crippen LogP contribution in [0.2, 0.25) is 0 Å². The Morgan fingerprint density at radius 2 is 1.15 bits per heavy atom. The van der Waals surface area contributed by atoms with Crippen LogP contribution in [-0.4, -0.2) is 22.6 Å². The van der Waals surface area contributed by atoms with Crippen LogP contribution in [0, 0.1) is 0 Å². The van der Waals surface area contributed by atoms with Crippen molar-refractivity contribution in [1.29, 1.82) is 0 Å². The molecule has 3 rings (SSSR count). The normalized spacial score (nSPS) is 15.8. The number of hydrogen-bond acceptors (Lipinski definition) is 5. The van der Waals surface area contributed by atoms with Crippen molar-refractivity contribution in [3.63, 3.8) is 0 Å². The molecule has 0 bridgehead atoms. The molecule has 1 aliphatic rings. The first-order valence-electron chi connectivity index (χ1n) is 6.88. The first-order valence-corrected chi connectivity index (χ1v) is 6.88. The van der Waals surface area contributed by atoms with E-state index in [1.807, 2.05) is 0 Å². The summed E-state index contributed by atoms with van der Waals surface area (Å²) in [6.07, 6.45) is -11.8. The topological polar surface area (TPSA) is 102 Å². The lowest BCUT2D eigenvalue weighted by Crippen LogP contribution is -2.56. The highest BCUT2D eigenvalue weighted by molar-refractivity contribution is 5.71. The van der Waals surface area contributed by atoms with Crippen LogP contribution in [0.25, 0.3) is 0 Å². The standard InChI is InChI=1S/C15H10F6N2O3/c16-14(17,18)13(15(19,20)21)5-1-7(22)10(25)4-12(5)26-11-3-8(23)9(24)2-6(11)13/h1-4,24-25H,22-23H2. The zero-order valence-electron chi connectivity index (χ0n) is 12.5. The van der Waals surface area contributed by atoms with Crippen LogP contribution in [-0.2, 0) is 5.41 Å². The lowest BCUT2D eigenvalue weighted by molar-refractivity contribution is -0.290. The molecule has 0 amide bonds. The molecule has 0 atom stereocenters. The molecule has 0 saturated heterocycles. The fourth-order valence-corrected chi connectivity index (χ4v) is 2.96. The second-order valence-electron chi connectivity index (χ2n) is 5.66. The molecule has 2 aromatic carbocycles. The number of phenolic OH excluding ortho intramolecular Hbond substituents is 2. The zero-order valence-corrected chi connectivity index (χ0v) is 12.5. The molecule has 5 nitrogen and oxygen atoms in total. The number of alkyl halides is 6. The van der Waals surface area contributed by atoms with Crippen LogP contribution in [0.4, 0.5) is 37.7 Å². The predicted octanol–water partition coefficient (Wildman–Crippen LogP) is 3.78. The Hall–Kier alpha value is -2.98. The summed E-state index contributed by atoms with van der Waals surface area (Å²) in [6, 6.07) is 1.82. The summed E-state index contributed by atoms with van der Waals surface area (Å²) in [5, 5.41) is 19.2. The molecular formula is C15H10F6N2O3. The molecule has 0 spiro atoms. The van der Waals surface area contributed by atoms with Crippen molar-refractivity contribution in [1.82, 2.24) is 0 Å². The molecule has 6 N–H and O–H groups in total. The molecule has 26 heavy (non-hydrogen) atoms. The van der Waals surface area contributed by atoms with Gasteiger partial charge < -0.3 is 26.4 Å². The molecule has 0 fully saturated rings. The van der Waals surface area contributed by atoms with E-state index in [0.717, 1.165) is 0 Å². The van der Waals surface area contributed by atoms with Crippen molar-refractivity contribution in [2.45, 2.75) is 17.8 Å². The van der Waals surface area contributed by atoms with Crippen molar-refractivity contribution in [2.75, 3.05) is 11.5 Å². The van der Waals surface area contributed by atoms with Crippen molar-refractivity contribution >= 4 is 11.4 Å². The number of phenols is 2. The second-order valence-corrected chi connectivity index (χ2v) is 5.66. The summed E-state index contributed by atoms with van der Waals surface area (Å²) in [5.74, 6) is -3.46. The van der Waals surface area contributed by atoms with Crippen molar-refractivity contribution < 1.29 is 41.3 Å². The Bertz CT molecular complexity index is 834. The third-order valence-electron chi connectivity index (χ3n) is 4.14. The van der Waals surface area contributed by atoms with Gasteiger partial charge in [0.1, 0.15) is 23.0 Å². The van der Waals surface area contributed by atoms with E-state index in [2.05, 4.69) is 0 Å². The fourth-order valence-electron chi connectivity index (χ4n) is 2.96. The number of aromatic hydroxyl groups is 2. The number of benzene rings is 2. The third-order valence-corrected chi connectivity index (χ3v) is 4.14. The molecule has 11 heteroatoms. The van der Waals surface area contributed by atoms with Crippen molar-refractivity contribution in [3.05, 3.63) is 35.4 Å². The van der Waals surface area contributed by atoms with Gasteiger partial charge >= 0.3 is 12.4 Å². The summed E-state index contributed by atoms with van der Waals surface area (Å²) in [4.78, 5) is 0. The lowest BCUT2D eigenvalue weighted by atomic mass is 9.70. The van der Waals surface area contributed by atoms with Gasteiger partial charge in [0.15, 0.2) is 0 Å². The monoisotopic (exact) mass is 380 g/mol. The minimum absolute atomic E-state index is 0.262. The quantitative estimate of drug-likeness (QED) is 0.317. The number of ether oxygens (including phenoxy) is 1. The molecule has 0 aliphatic carbocycles. The van der Waals surface area contributed by atoms with Gasteiger partial charge in [-0.1, -0.05) is 0 Å². The van der Waals surface area contributed by atoms with E-state index in [9.17, 15) is 36.6 Å². The summed E-state index contributed by atoms with van der Waals surface area (Å²) in [7, 11) is 0. The Kier molecular flexibility index (Phi) is 3.44. The van der Waals surface area contributed by atoms with E-state index in [-0.39, 0.29) is 6.07 Å². The molecular weight excluding hydrogens is 370 g/mol. The van der Waals surface area contributed by atoms with E-state index in [1.165, 1.54) is 0 Å². The Morgan fingerprint density at radius 3 is 1.69 bits per heavy atom. The zero-order chi connectivity index (χ0) is 19.7. The summed E-state index contributed by atoms with van der Waals surface area (Å²) >= 11 is 0. The highest BCUT2D eigenvalue weighted by atomic mass is 19.4. The first kappa shape index (κ1) is 17.8. The van der Waals surface area contributed by atoms with Gasteiger partial charge in [-0.25, -0.2) is 0 Å². The summed E-state index contributed by atoms with van der Waals surface area (Å²) in [5.41, 5.74) is 2.21. The minimum Gasteiger partial charge on any atom is -0.506 e. The predicted molar refractivity (Wildman–Crippen MR) is 78.0 cm³/mol. The largest absolute Gasteiger partial charge is 0.506 e. The van der Waals surface area contributed by atoms with Crippen molar-refractivity contribution in [2.24, 2.45) is 0 Å². The van der Waals surface area contributed by atoms with Crippen LogP contribution in [0.5, 0.6) is 23.0 Å². The smallest absolute Gasteiger partial charge is 0.411 e. The highest BCUT2D eigenvalue weighted by Gasteiger charge is 2.75. The number of fused-ring (bicyclic) bond motifs is 2. The van der Waals surface area contributed by atoms with Gasteiger partial charge in [0.05, 0.1) is 11.4 Å². The summed E-state index contributed by atoms with van der Waals surface area (Å²) in [6.45, 7) is 0. The number of nitrogens with two attached hydrogens (primary N) is 2. The van der Waals surface area contributed by atoms with Crippen molar-refractivity contribution in [3.8, 4) is 23.0 Å². The van der Waals surface area contributed by atoms with E-state index in [0.29, 0.717) is 18.2 Å². The molecule has 0 radical (unpaired) electrons. The van der Waals surface area contributed by atoms with E-state index in [1.54, 1.807) is 0 Å². The number of anilines is 2. The Morgan fingerprint density at radius 1 is 0.731 bits per heavy atom. The van der Waals surface area contributed by atoms with Crippen LogP contribution in [0.1, 0.15) is 11.1 Å². The fraction of sp³-hybridized carbons (Fsp3) is 0.200. The van der Waals surface area contributed by atoms with Gasteiger partial charge in [-0.15, -0.1) is 0 Å². The minimum atomic E-state index is -5.88. The molecule has 1 heterocycles. The average Bonchev–Trinajstić information content (AvgIpc) is 2.46. The molecule has 0 saturated carbocycles. The van der Waals surface area contributed by atoms with Crippen LogP contribution < -0.4 is 16.2 Å². The maximum Gasteiger partial charge on any atom is 0.411 e. The molecule has 140 valence electrons. The van der Waals surface area contributed by atoms with E-state index in [4.69, 9.17) is 16.2 Å². The molecule has 1 aliphatic heterocycles. The highest BCUT2D eigenvalue weighted by Crippen LogP contribution is 2.64. The number of halogens is 6. The van der Waals surface area contributed by atoms with E-state index < -0.39 is 63.3 Å². The second kappa shape index (κ2) is 5.02. The van der Waals surface area contributed by atoms with Gasteiger partial charge in [0, 0.05) is 23.3 Å². The van der Waals surface area contributed by atoms with Gasteiger partial charge in [0.25, 0.3) is 0 Å². The van der Waals surface area contributed by atoms with Gasteiger partial charge in [-0.05, 0) is 12.1 Å². The van der Waals surface area contributed by atoms with Gasteiger partial charge in [-0.2, -0.15) is 26.3 Å². The summed E-state index contributed by atoms with van der Waals surface area (Å²) < 4.78 is 88.6. The maximum absolute atomic E-state index is 13.9. The van der Waals surface area contributed by atoms with Crippen LogP contribution in [0.15, 0.2) is 24.3 Å². The number of nitrogen functional groups attached to an aromatic ring is 2. The molecule has 2 aromatic rings. The Labute approximate surface area is 141 Å². The van der Waals surface area contributed by atoms with E-state index >= 15 is 0 Å². The van der Waals surface area contributed by atoms with Crippen LogP contribution >= 0.6 is 0 Å². The Balaban J connectivity index is 2.54. The lowest BCUT2D eigenvalue weighted by Gasteiger charge is -2.42. The third kappa shape index (κ3) is 2.12. The number of rotatable bonds is 0. The average molecular weight is 380 g/mol. The van der Waals surface area contributed by atoms with Gasteiger partial charge in [-0.3, -0.25) is 0 Å². The first-order chi connectivity index (χ1) is 11.8. The molecule has 0 unspecified atom stereocenters. The van der Waals surface area contributed by atoms with Crippen LogP contribution in [0.3, 0.4) is 0 Å². The maximum atomic E-state index is 13.9. The van der Waals surface area contributed by atoms with Gasteiger partial charge in [0.2, 0.25) is 5.41 Å².